The molecule has 1 amide bonds. The van der Waals surface area contributed by atoms with Crippen LogP contribution in [0.1, 0.15) is 10.5 Å². The van der Waals surface area contributed by atoms with Gasteiger partial charge in [0.25, 0.3) is 5.91 Å². The molecule has 0 saturated carbocycles. The lowest BCUT2D eigenvalue weighted by Gasteiger charge is -2.36. The summed E-state index contributed by atoms with van der Waals surface area (Å²) in [6, 6.07) is 29.5. The molecule has 2 aromatic heterocycles. The van der Waals surface area contributed by atoms with E-state index in [2.05, 4.69) is 17.0 Å². The summed E-state index contributed by atoms with van der Waals surface area (Å²) in [4.78, 5) is 22.7. The molecule has 39 heavy (non-hydrogen) atoms. The molecule has 3 heterocycles. The summed E-state index contributed by atoms with van der Waals surface area (Å²) in [6.45, 7) is 2.71. The average molecular weight is 520 g/mol. The first-order valence-corrected chi connectivity index (χ1v) is 12.9. The van der Waals surface area contributed by atoms with E-state index in [0.717, 1.165) is 52.8 Å². The number of amides is 1. The van der Waals surface area contributed by atoms with Crippen LogP contribution in [0.25, 0.3) is 28.2 Å². The van der Waals surface area contributed by atoms with Gasteiger partial charge in [-0.3, -0.25) is 4.79 Å². The largest absolute Gasteiger partial charge is 0.497 e. The first kappa shape index (κ1) is 24.5. The fraction of sp³-hybridized carbons (Fsp3) is 0.194. The van der Waals surface area contributed by atoms with Gasteiger partial charge < -0.3 is 19.3 Å². The number of methoxy groups -OCH3 is 2. The highest BCUT2D eigenvalue weighted by Gasteiger charge is 2.25. The number of carbonyl (C=O) groups is 1. The highest BCUT2D eigenvalue weighted by Crippen LogP contribution is 2.28. The Balaban J connectivity index is 1.32. The number of hydrogen-bond acceptors (Lipinski definition) is 6. The molecule has 0 N–H and O–H groups in total. The smallest absolute Gasteiger partial charge is 0.272 e. The third-order valence-corrected chi connectivity index (χ3v) is 7.09. The van der Waals surface area contributed by atoms with E-state index in [9.17, 15) is 4.79 Å². The van der Waals surface area contributed by atoms with Crippen LogP contribution in [0.4, 0.5) is 5.69 Å². The van der Waals surface area contributed by atoms with Gasteiger partial charge in [0.15, 0.2) is 5.65 Å². The number of nitrogens with zero attached hydrogens (tertiary/aromatic N) is 5. The van der Waals surface area contributed by atoms with Crippen molar-refractivity contribution in [1.82, 2.24) is 19.5 Å². The number of hydrogen-bond donors (Lipinski definition) is 0. The zero-order valence-corrected chi connectivity index (χ0v) is 21.9. The van der Waals surface area contributed by atoms with Gasteiger partial charge in [-0.1, -0.05) is 42.5 Å². The quantitative estimate of drug-likeness (QED) is 0.313. The van der Waals surface area contributed by atoms with Crippen molar-refractivity contribution in [2.24, 2.45) is 0 Å². The van der Waals surface area contributed by atoms with Crippen molar-refractivity contribution in [1.29, 1.82) is 0 Å². The third kappa shape index (κ3) is 4.88. The van der Waals surface area contributed by atoms with Gasteiger partial charge in [0.1, 0.15) is 17.2 Å². The van der Waals surface area contributed by atoms with Gasteiger partial charge in [-0.15, -0.1) is 0 Å². The van der Waals surface area contributed by atoms with E-state index in [4.69, 9.17) is 19.6 Å². The number of ether oxygens (including phenoxy) is 2. The van der Waals surface area contributed by atoms with Crippen LogP contribution in [0.5, 0.6) is 11.5 Å². The van der Waals surface area contributed by atoms with Crippen LogP contribution in [-0.2, 0) is 0 Å². The second-order valence-corrected chi connectivity index (χ2v) is 9.40. The van der Waals surface area contributed by atoms with Crippen LogP contribution in [0.3, 0.4) is 0 Å². The van der Waals surface area contributed by atoms with Crippen molar-refractivity contribution in [3.63, 3.8) is 0 Å². The molecular weight excluding hydrogens is 490 g/mol. The number of rotatable bonds is 6. The summed E-state index contributed by atoms with van der Waals surface area (Å²) in [5.74, 6) is 1.48. The Morgan fingerprint density at radius 3 is 2.18 bits per heavy atom. The number of aromatic nitrogens is 3. The molecular formula is C31H29N5O3. The predicted octanol–water partition coefficient (Wildman–Crippen LogP) is 5.04. The minimum Gasteiger partial charge on any atom is -0.497 e. The first-order valence-electron chi connectivity index (χ1n) is 12.9. The van der Waals surface area contributed by atoms with Crippen molar-refractivity contribution < 1.29 is 14.3 Å². The van der Waals surface area contributed by atoms with E-state index in [1.54, 1.807) is 18.7 Å². The molecule has 0 unspecified atom stereocenters. The van der Waals surface area contributed by atoms with E-state index in [1.807, 2.05) is 83.8 Å². The minimum absolute atomic E-state index is 0.0847. The standard InChI is InChI=1S/C31H29N5O3/c1-38-25-13-11-24(12-14-25)34-15-17-35(18-16-34)31(37)28-20-29(23-9-6-10-26(19-23)39-2)36-30(32-28)21-27(33-36)22-7-4-3-5-8-22/h3-14,19-21H,15-18H2,1-2H3. The summed E-state index contributed by atoms with van der Waals surface area (Å²) in [6.07, 6.45) is 0. The molecule has 1 fully saturated rings. The summed E-state index contributed by atoms with van der Waals surface area (Å²) in [5.41, 5.74) is 5.60. The summed E-state index contributed by atoms with van der Waals surface area (Å²) < 4.78 is 12.5. The van der Waals surface area contributed by atoms with Crippen LogP contribution in [-0.4, -0.2) is 65.8 Å². The predicted molar refractivity (Wildman–Crippen MR) is 152 cm³/mol. The fourth-order valence-corrected chi connectivity index (χ4v) is 4.94. The third-order valence-electron chi connectivity index (χ3n) is 7.09. The molecule has 0 aliphatic carbocycles. The van der Waals surface area contributed by atoms with E-state index in [1.165, 1.54) is 0 Å². The van der Waals surface area contributed by atoms with Crippen LogP contribution >= 0.6 is 0 Å². The maximum Gasteiger partial charge on any atom is 0.272 e. The van der Waals surface area contributed by atoms with Crippen LogP contribution in [0.15, 0.2) is 91.0 Å². The Hall–Kier alpha value is -4.85. The number of carbonyl (C=O) groups excluding carboxylic acids is 1. The lowest BCUT2D eigenvalue weighted by atomic mass is 10.1. The SMILES string of the molecule is COc1ccc(N2CCN(C(=O)c3cc(-c4cccc(OC)c4)n4nc(-c5ccccc5)cc4n3)CC2)cc1. The highest BCUT2D eigenvalue weighted by atomic mass is 16.5. The number of piperazine rings is 1. The van der Waals surface area contributed by atoms with E-state index < -0.39 is 0 Å². The van der Waals surface area contributed by atoms with Crippen molar-refractivity contribution in [3.8, 4) is 34.0 Å². The molecule has 8 heteroatoms. The summed E-state index contributed by atoms with van der Waals surface area (Å²) >= 11 is 0. The summed E-state index contributed by atoms with van der Waals surface area (Å²) in [7, 11) is 3.31. The van der Waals surface area contributed by atoms with Crippen LogP contribution in [0.2, 0.25) is 0 Å². The van der Waals surface area contributed by atoms with Crippen LogP contribution < -0.4 is 14.4 Å². The minimum atomic E-state index is -0.0847. The molecule has 0 spiro atoms. The zero-order valence-electron chi connectivity index (χ0n) is 21.9. The van der Waals surface area contributed by atoms with Crippen molar-refractivity contribution >= 4 is 17.2 Å². The van der Waals surface area contributed by atoms with Gasteiger partial charge in [0, 0.05) is 49.1 Å². The number of fused-ring (bicyclic) bond motifs is 1. The number of anilines is 1. The first-order chi connectivity index (χ1) is 19.1. The van der Waals surface area contributed by atoms with Crippen molar-refractivity contribution in [2.75, 3.05) is 45.3 Å². The molecule has 0 atom stereocenters. The molecule has 5 aromatic rings. The molecule has 1 aliphatic rings. The molecule has 8 nitrogen and oxygen atoms in total. The van der Waals surface area contributed by atoms with Gasteiger partial charge in [-0.05, 0) is 42.5 Å². The number of benzene rings is 3. The molecule has 0 bridgehead atoms. The molecule has 0 radical (unpaired) electrons. The maximum atomic E-state index is 13.7. The van der Waals surface area contributed by atoms with Gasteiger partial charge >= 0.3 is 0 Å². The summed E-state index contributed by atoms with van der Waals surface area (Å²) in [5, 5.41) is 4.86. The molecule has 196 valence electrons. The lowest BCUT2D eigenvalue weighted by molar-refractivity contribution is 0.0741. The van der Waals surface area contributed by atoms with Gasteiger partial charge in [-0.2, -0.15) is 5.10 Å². The van der Waals surface area contributed by atoms with E-state index in [0.29, 0.717) is 24.4 Å². The monoisotopic (exact) mass is 519 g/mol. The van der Waals surface area contributed by atoms with Crippen molar-refractivity contribution in [2.45, 2.75) is 0 Å². The normalized spacial score (nSPS) is 13.5. The maximum absolute atomic E-state index is 13.7. The molecule has 6 rings (SSSR count). The second-order valence-electron chi connectivity index (χ2n) is 9.40. The topological polar surface area (TPSA) is 72.2 Å². The Morgan fingerprint density at radius 2 is 1.46 bits per heavy atom. The Labute approximate surface area is 227 Å². The Bertz CT molecular complexity index is 1610. The van der Waals surface area contributed by atoms with Gasteiger partial charge in [0.2, 0.25) is 0 Å². The van der Waals surface area contributed by atoms with Crippen molar-refractivity contribution in [3.05, 3.63) is 96.7 Å². The molecule has 1 aliphatic heterocycles. The molecule has 3 aromatic carbocycles. The van der Waals surface area contributed by atoms with E-state index >= 15 is 0 Å². The Kier molecular flexibility index (Phi) is 6.59. The highest BCUT2D eigenvalue weighted by molar-refractivity contribution is 5.94. The van der Waals surface area contributed by atoms with Gasteiger partial charge in [-0.25, -0.2) is 9.50 Å². The fourth-order valence-electron chi connectivity index (χ4n) is 4.94. The Morgan fingerprint density at radius 1 is 0.744 bits per heavy atom. The van der Waals surface area contributed by atoms with E-state index in [-0.39, 0.29) is 5.91 Å². The zero-order chi connectivity index (χ0) is 26.8. The average Bonchev–Trinajstić information content (AvgIpc) is 3.45. The van der Waals surface area contributed by atoms with Gasteiger partial charge in [0.05, 0.1) is 25.6 Å². The second kappa shape index (κ2) is 10.5. The lowest BCUT2D eigenvalue weighted by Crippen LogP contribution is -2.49. The van der Waals surface area contributed by atoms with Crippen LogP contribution in [0, 0.1) is 0 Å². The molecule has 1 saturated heterocycles.